The van der Waals surface area contributed by atoms with Crippen LogP contribution < -0.4 is 0 Å². The Morgan fingerprint density at radius 3 is 0.775 bits per heavy atom. The molecule has 0 nitrogen and oxygen atoms in total. The third-order valence-corrected chi connectivity index (χ3v) is 16.9. The second kappa shape index (κ2) is 31.0. The Hall–Kier alpha value is -6.44. The summed E-state index contributed by atoms with van der Waals surface area (Å²) in [6, 6.07) is 76.5. The van der Waals surface area contributed by atoms with Gasteiger partial charge in [-0.25, -0.2) is 0 Å². The van der Waals surface area contributed by atoms with Crippen molar-refractivity contribution < 1.29 is 0 Å². The molecule has 0 amide bonds. The number of benzene rings is 9. The Balaban J connectivity index is 1.24. The van der Waals surface area contributed by atoms with Crippen LogP contribution >= 0.6 is 23.2 Å². The van der Waals surface area contributed by atoms with E-state index in [1.807, 2.05) is 24.3 Å². The highest BCUT2D eigenvalue weighted by atomic mass is 35.5. The smallest absolute Gasteiger partial charge is 0.0406 e. The van der Waals surface area contributed by atoms with Gasteiger partial charge in [0, 0.05) is 10.0 Å². The third kappa shape index (κ3) is 15.9. The molecule has 0 fully saturated rings. The highest BCUT2D eigenvalue weighted by Crippen LogP contribution is 2.56. The molecule has 80 heavy (non-hydrogen) atoms. The molecule has 0 aromatic heterocycles. The molecule has 0 aliphatic carbocycles. The summed E-state index contributed by atoms with van der Waals surface area (Å²) in [7, 11) is 0. The summed E-state index contributed by atoms with van der Waals surface area (Å²) in [5.41, 5.74) is 21.5. The molecule has 0 saturated heterocycles. The molecule has 9 aromatic carbocycles. The normalized spacial score (nSPS) is 11.3. The first-order valence-electron chi connectivity index (χ1n) is 30.7. The molecule has 0 spiro atoms. The average molecular weight is 1090 g/mol. The Labute approximate surface area is 491 Å². The lowest BCUT2D eigenvalue weighted by Crippen LogP contribution is -2.03. The maximum absolute atomic E-state index is 6.84. The zero-order valence-electron chi connectivity index (χ0n) is 47.9. The third-order valence-electron chi connectivity index (χ3n) is 16.4. The van der Waals surface area contributed by atoms with Gasteiger partial charge in [-0.1, -0.05) is 322 Å². The standard InChI is InChI=1S/C78H84Cl2/c1-3-5-7-9-11-13-15-17-19-23-31-59-41-45-63(46-42-59)73-74(64-47-43-60(44-48-64)32-24-20-18-16-14-12-10-8-6-4-2)78(70-40-30-38-68(58-70)62-35-27-22-28-36-62)76(66-51-55-72(80)56-52-66)75(65-49-53-71(79)54-50-65)77(73)69-39-29-37-67(57-69)61-33-25-21-26-34-61/h21-22,25-30,33-58H,3-20,23-24,31-32H2,1-2H3. The fourth-order valence-electron chi connectivity index (χ4n) is 12.0. The number of halogens is 2. The Morgan fingerprint density at radius 1 is 0.212 bits per heavy atom. The highest BCUT2D eigenvalue weighted by molar-refractivity contribution is 6.31. The molecule has 0 saturated carbocycles. The minimum atomic E-state index is 0.706. The maximum atomic E-state index is 6.84. The van der Waals surface area contributed by atoms with E-state index in [9.17, 15) is 0 Å². The van der Waals surface area contributed by atoms with Crippen LogP contribution in [-0.2, 0) is 12.8 Å². The van der Waals surface area contributed by atoms with Gasteiger partial charge in [0.2, 0.25) is 0 Å². The van der Waals surface area contributed by atoms with E-state index >= 15 is 0 Å². The van der Waals surface area contributed by atoms with Crippen molar-refractivity contribution in [2.45, 2.75) is 155 Å². The van der Waals surface area contributed by atoms with Gasteiger partial charge in [-0.2, -0.15) is 0 Å². The molecular weight excluding hydrogens is 1010 g/mol. The summed E-state index contributed by atoms with van der Waals surface area (Å²) < 4.78 is 0. The predicted octanol–water partition coefficient (Wildman–Crippen LogP) is 25.3. The first-order chi connectivity index (χ1) is 39.5. The van der Waals surface area contributed by atoms with Gasteiger partial charge in [-0.3, -0.25) is 0 Å². The van der Waals surface area contributed by atoms with Crippen LogP contribution in [0.4, 0.5) is 0 Å². The Kier molecular flexibility index (Phi) is 22.5. The van der Waals surface area contributed by atoms with Gasteiger partial charge in [-0.05, 0) is 162 Å². The zero-order chi connectivity index (χ0) is 55.1. The molecule has 9 rings (SSSR count). The summed E-state index contributed by atoms with van der Waals surface area (Å²) in [6.45, 7) is 4.60. The minimum absolute atomic E-state index is 0.706. The number of hydrogen-bond acceptors (Lipinski definition) is 0. The Bertz CT molecular complexity index is 3040. The van der Waals surface area contributed by atoms with Crippen molar-refractivity contribution in [2.75, 3.05) is 0 Å². The molecular formula is C78H84Cl2. The second-order valence-electron chi connectivity index (χ2n) is 22.4. The lowest BCUT2D eigenvalue weighted by Gasteiger charge is -2.29. The molecule has 9 aromatic rings. The van der Waals surface area contributed by atoms with Crippen LogP contribution in [0, 0.1) is 0 Å². The summed E-state index contributed by atoms with van der Waals surface area (Å²) in [6.07, 6.45) is 28.9. The van der Waals surface area contributed by atoms with Gasteiger partial charge in [0.1, 0.15) is 0 Å². The van der Waals surface area contributed by atoms with Crippen molar-refractivity contribution >= 4 is 23.2 Å². The van der Waals surface area contributed by atoms with Crippen LogP contribution in [0.5, 0.6) is 0 Å². The van der Waals surface area contributed by atoms with Gasteiger partial charge >= 0.3 is 0 Å². The fraction of sp³-hybridized carbons (Fsp3) is 0.308. The van der Waals surface area contributed by atoms with Crippen molar-refractivity contribution in [3.8, 4) is 89.0 Å². The summed E-state index contributed by atoms with van der Waals surface area (Å²) in [5, 5.41) is 1.41. The lowest BCUT2D eigenvalue weighted by atomic mass is 9.73. The van der Waals surface area contributed by atoms with Crippen molar-refractivity contribution in [1.29, 1.82) is 0 Å². The van der Waals surface area contributed by atoms with Crippen LogP contribution in [0.1, 0.15) is 153 Å². The maximum Gasteiger partial charge on any atom is 0.0406 e. The van der Waals surface area contributed by atoms with Crippen molar-refractivity contribution in [3.05, 3.63) is 227 Å². The van der Waals surface area contributed by atoms with Crippen molar-refractivity contribution in [3.63, 3.8) is 0 Å². The van der Waals surface area contributed by atoms with E-state index < -0.39 is 0 Å². The van der Waals surface area contributed by atoms with E-state index in [4.69, 9.17) is 23.2 Å². The quantitative estimate of drug-likeness (QED) is 0.0394. The number of rotatable bonds is 30. The first-order valence-corrected chi connectivity index (χ1v) is 31.5. The molecule has 2 heteroatoms. The van der Waals surface area contributed by atoms with Crippen LogP contribution in [-0.4, -0.2) is 0 Å². The monoisotopic (exact) mass is 1090 g/mol. The number of hydrogen-bond donors (Lipinski definition) is 0. The second-order valence-corrected chi connectivity index (χ2v) is 23.3. The van der Waals surface area contributed by atoms with Crippen molar-refractivity contribution in [2.24, 2.45) is 0 Å². The molecule has 0 bridgehead atoms. The molecule has 0 heterocycles. The van der Waals surface area contributed by atoms with Crippen LogP contribution in [0.15, 0.2) is 206 Å². The number of aryl methyl sites for hydroxylation is 2. The zero-order valence-corrected chi connectivity index (χ0v) is 49.5. The topological polar surface area (TPSA) is 0 Å². The predicted molar refractivity (Wildman–Crippen MR) is 351 cm³/mol. The van der Waals surface area contributed by atoms with Gasteiger partial charge in [0.05, 0.1) is 0 Å². The minimum Gasteiger partial charge on any atom is -0.0843 e. The lowest BCUT2D eigenvalue weighted by molar-refractivity contribution is 0.556. The van der Waals surface area contributed by atoms with E-state index in [1.54, 1.807) is 0 Å². The van der Waals surface area contributed by atoms with Gasteiger partial charge in [-0.15, -0.1) is 0 Å². The molecule has 0 atom stereocenters. The summed E-state index contributed by atoms with van der Waals surface area (Å²) in [5.74, 6) is 0. The SMILES string of the molecule is CCCCCCCCCCCCc1ccc(-c2c(-c3ccc(CCCCCCCCCCCC)cc3)c(-c3cccc(-c4ccccc4)c3)c(-c3ccc(Cl)cc3)c(-c3ccc(Cl)cc3)c2-c2cccc(-c3ccccc3)c2)cc1. The van der Waals surface area contributed by atoms with E-state index in [0.29, 0.717) is 10.0 Å². The summed E-state index contributed by atoms with van der Waals surface area (Å²) >= 11 is 13.7. The highest BCUT2D eigenvalue weighted by Gasteiger charge is 2.30. The van der Waals surface area contributed by atoms with E-state index in [-0.39, 0.29) is 0 Å². The van der Waals surface area contributed by atoms with Crippen LogP contribution in [0.2, 0.25) is 10.0 Å². The van der Waals surface area contributed by atoms with Crippen LogP contribution in [0.3, 0.4) is 0 Å². The summed E-state index contributed by atoms with van der Waals surface area (Å²) in [4.78, 5) is 0. The van der Waals surface area contributed by atoms with E-state index in [2.05, 4.69) is 196 Å². The molecule has 410 valence electrons. The molecule has 0 N–H and O–H groups in total. The molecule has 0 unspecified atom stereocenters. The molecule has 0 radical (unpaired) electrons. The van der Waals surface area contributed by atoms with Gasteiger partial charge < -0.3 is 0 Å². The molecule has 0 aliphatic heterocycles. The van der Waals surface area contributed by atoms with Crippen molar-refractivity contribution in [1.82, 2.24) is 0 Å². The van der Waals surface area contributed by atoms with E-state index in [1.165, 1.54) is 195 Å². The van der Waals surface area contributed by atoms with E-state index in [0.717, 1.165) is 46.2 Å². The Morgan fingerprint density at radius 2 is 0.463 bits per heavy atom. The van der Waals surface area contributed by atoms with Gasteiger partial charge in [0.15, 0.2) is 0 Å². The largest absolute Gasteiger partial charge is 0.0843 e. The average Bonchev–Trinajstić information content (AvgIpc) is 3.63. The fourth-order valence-corrected chi connectivity index (χ4v) is 12.2. The first kappa shape index (κ1) is 58.2. The molecule has 0 aliphatic rings. The number of unbranched alkanes of at least 4 members (excludes halogenated alkanes) is 18. The van der Waals surface area contributed by atoms with Gasteiger partial charge in [0.25, 0.3) is 0 Å². The van der Waals surface area contributed by atoms with Crippen LogP contribution in [0.25, 0.3) is 89.0 Å².